The minimum Gasteiger partial charge on any atom is -0.306 e. The summed E-state index contributed by atoms with van der Waals surface area (Å²) in [5, 5.41) is 5.21. The fraction of sp³-hybridized carbons (Fsp3) is 0.214. The number of nitrogens with zero attached hydrogens (tertiary/aromatic N) is 1. The Balaban J connectivity index is 1.98. The second kappa shape index (κ2) is 5.45. The van der Waals surface area contributed by atoms with Gasteiger partial charge in [-0.15, -0.1) is 11.3 Å². The molecule has 3 nitrogen and oxygen atoms in total. The van der Waals surface area contributed by atoms with Crippen molar-refractivity contribution < 1.29 is 4.79 Å². The van der Waals surface area contributed by atoms with Gasteiger partial charge in [0.05, 0.1) is 13.1 Å². The lowest BCUT2D eigenvalue weighted by molar-refractivity contribution is -0.117. The molecule has 3 rings (SSSR count). The average Bonchev–Trinajstić information content (AvgIpc) is 2.74. The third-order valence-corrected chi connectivity index (χ3v) is 5.08. The second-order valence-electron chi connectivity index (χ2n) is 4.40. The molecule has 5 heteroatoms. The highest BCUT2D eigenvalue weighted by atomic mass is 79.9. The van der Waals surface area contributed by atoms with E-state index in [0.717, 1.165) is 16.7 Å². The molecule has 0 radical (unpaired) electrons. The van der Waals surface area contributed by atoms with Crippen LogP contribution in [0.15, 0.2) is 40.2 Å². The first-order chi connectivity index (χ1) is 9.25. The maximum Gasteiger partial charge on any atom is 0.241 e. The van der Waals surface area contributed by atoms with Gasteiger partial charge in [0.2, 0.25) is 5.91 Å². The predicted molar refractivity (Wildman–Crippen MR) is 81.4 cm³/mol. The number of thiophene rings is 1. The summed E-state index contributed by atoms with van der Waals surface area (Å²) < 4.78 is 1.07. The van der Waals surface area contributed by atoms with Crippen molar-refractivity contribution in [1.29, 1.82) is 0 Å². The molecule has 2 heterocycles. The molecule has 98 valence electrons. The molecule has 1 N–H and O–H groups in total. The van der Waals surface area contributed by atoms with Crippen molar-refractivity contribution in [3.8, 4) is 0 Å². The van der Waals surface area contributed by atoms with Crippen LogP contribution in [0.5, 0.6) is 0 Å². The van der Waals surface area contributed by atoms with Gasteiger partial charge in [0.15, 0.2) is 0 Å². The van der Waals surface area contributed by atoms with E-state index in [9.17, 15) is 4.79 Å². The second-order valence-corrected chi connectivity index (χ2v) is 6.26. The van der Waals surface area contributed by atoms with Crippen LogP contribution in [0.4, 0.5) is 5.69 Å². The zero-order valence-corrected chi connectivity index (χ0v) is 12.6. The average molecular weight is 337 g/mol. The molecule has 0 unspecified atom stereocenters. The molecule has 1 aromatic heterocycles. The van der Waals surface area contributed by atoms with Crippen LogP contribution in [-0.4, -0.2) is 12.5 Å². The molecule has 2 aromatic rings. The highest BCUT2D eigenvalue weighted by Gasteiger charge is 2.22. The number of para-hydroxylation sites is 1. The first-order valence-corrected chi connectivity index (χ1v) is 7.74. The van der Waals surface area contributed by atoms with Crippen LogP contribution < -0.4 is 10.2 Å². The summed E-state index contributed by atoms with van der Waals surface area (Å²) in [4.78, 5) is 15.3. The topological polar surface area (TPSA) is 32.3 Å². The van der Waals surface area contributed by atoms with E-state index in [1.807, 2.05) is 34.5 Å². The summed E-state index contributed by atoms with van der Waals surface area (Å²) in [7, 11) is 0. The summed E-state index contributed by atoms with van der Waals surface area (Å²) >= 11 is 5.19. The molecule has 1 amide bonds. The number of fused-ring (bicyclic) bond motifs is 1. The number of nitrogens with one attached hydrogen (secondary N) is 1. The van der Waals surface area contributed by atoms with Crippen molar-refractivity contribution in [3.05, 3.63) is 50.6 Å². The Bertz CT molecular complexity index is 611. The van der Waals surface area contributed by atoms with Crippen molar-refractivity contribution in [2.75, 3.05) is 11.4 Å². The first kappa shape index (κ1) is 12.8. The van der Waals surface area contributed by atoms with E-state index < -0.39 is 0 Å². The minimum atomic E-state index is 0.116. The molecular formula is C14H13BrN2OS. The van der Waals surface area contributed by atoms with E-state index in [0.29, 0.717) is 13.1 Å². The number of carbonyl (C=O) groups excluding carboxylic acids is 1. The molecule has 0 bridgehead atoms. The Morgan fingerprint density at radius 3 is 2.89 bits per heavy atom. The van der Waals surface area contributed by atoms with Crippen LogP contribution in [-0.2, 0) is 17.9 Å². The molecular weight excluding hydrogens is 324 g/mol. The minimum absolute atomic E-state index is 0.116. The van der Waals surface area contributed by atoms with Crippen LogP contribution in [0.2, 0.25) is 0 Å². The van der Waals surface area contributed by atoms with E-state index >= 15 is 0 Å². The SMILES string of the molecule is O=C1CNCc2ccccc2N1Cc1sccc1Br. The summed E-state index contributed by atoms with van der Waals surface area (Å²) in [5.74, 6) is 0.116. The number of amides is 1. The Kier molecular flexibility index (Phi) is 3.68. The van der Waals surface area contributed by atoms with Crippen molar-refractivity contribution in [1.82, 2.24) is 5.32 Å². The Morgan fingerprint density at radius 2 is 2.11 bits per heavy atom. The lowest BCUT2D eigenvalue weighted by Gasteiger charge is -2.22. The smallest absolute Gasteiger partial charge is 0.241 e. The number of rotatable bonds is 2. The standard InChI is InChI=1S/C14H13BrN2OS/c15-11-5-6-19-13(11)9-17-12-4-2-1-3-10(12)7-16-8-14(17)18/h1-6,16H,7-9H2. The zero-order chi connectivity index (χ0) is 13.2. The van der Waals surface area contributed by atoms with Gasteiger partial charge in [-0.05, 0) is 39.0 Å². The van der Waals surface area contributed by atoms with Crippen molar-refractivity contribution in [2.45, 2.75) is 13.1 Å². The number of halogens is 1. The summed E-state index contributed by atoms with van der Waals surface area (Å²) in [6.07, 6.45) is 0. The molecule has 1 aliphatic heterocycles. The van der Waals surface area contributed by atoms with Gasteiger partial charge in [0.25, 0.3) is 0 Å². The summed E-state index contributed by atoms with van der Waals surface area (Å²) in [5.41, 5.74) is 2.18. The normalized spacial score (nSPS) is 15.2. The number of benzene rings is 1. The number of hydrogen-bond acceptors (Lipinski definition) is 3. The summed E-state index contributed by atoms with van der Waals surface area (Å²) in [6.45, 7) is 1.75. The molecule has 0 atom stereocenters. The predicted octanol–water partition coefficient (Wildman–Crippen LogP) is 3.15. The number of carbonyl (C=O) groups is 1. The molecule has 0 fully saturated rings. The maximum atomic E-state index is 12.3. The lowest BCUT2D eigenvalue weighted by atomic mass is 10.1. The molecule has 1 aromatic carbocycles. The maximum absolute atomic E-state index is 12.3. The third-order valence-electron chi connectivity index (χ3n) is 3.17. The quantitative estimate of drug-likeness (QED) is 0.913. The van der Waals surface area contributed by atoms with Crippen molar-refractivity contribution in [3.63, 3.8) is 0 Å². The van der Waals surface area contributed by atoms with E-state index in [2.05, 4.69) is 27.3 Å². The van der Waals surface area contributed by atoms with Gasteiger partial charge in [-0.2, -0.15) is 0 Å². The highest BCUT2D eigenvalue weighted by Crippen LogP contribution is 2.29. The van der Waals surface area contributed by atoms with Gasteiger partial charge in [-0.1, -0.05) is 18.2 Å². The van der Waals surface area contributed by atoms with E-state index in [1.165, 1.54) is 10.4 Å². The van der Waals surface area contributed by atoms with Gasteiger partial charge in [0, 0.05) is 21.6 Å². The van der Waals surface area contributed by atoms with Crippen molar-refractivity contribution in [2.24, 2.45) is 0 Å². The molecule has 0 saturated heterocycles. The Labute approximate surface area is 124 Å². The van der Waals surface area contributed by atoms with Crippen LogP contribution in [0.25, 0.3) is 0 Å². The van der Waals surface area contributed by atoms with Gasteiger partial charge in [-0.3, -0.25) is 4.79 Å². The monoisotopic (exact) mass is 336 g/mol. The zero-order valence-electron chi connectivity index (χ0n) is 10.2. The van der Waals surface area contributed by atoms with Crippen LogP contribution in [0.3, 0.4) is 0 Å². The molecule has 19 heavy (non-hydrogen) atoms. The van der Waals surface area contributed by atoms with Gasteiger partial charge in [-0.25, -0.2) is 0 Å². The van der Waals surface area contributed by atoms with Gasteiger partial charge < -0.3 is 10.2 Å². The Hall–Kier alpha value is -1.17. The first-order valence-electron chi connectivity index (χ1n) is 6.06. The van der Waals surface area contributed by atoms with E-state index in [4.69, 9.17) is 0 Å². The fourth-order valence-corrected chi connectivity index (χ4v) is 3.68. The fourth-order valence-electron chi connectivity index (χ4n) is 2.21. The Morgan fingerprint density at radius 1 is 1.26 bits per heavy atom. The number of hydrogen-bond donors (Lipinski definition) is 1. The molecule has 1 aliphatic rings. The van der Waals surface area contributed by atoms with Crippen LogP contribution >= 0.6 is 27.3 Å². The summed E-state index contributed by atoms with van der Waals surface area (Å²) in [6, 6.07) is 10.1. The lowest BCUT2D eigenvalue weighted by Crippen LogP contribution is -2.34. The van der Waals surface area contributed by atoms with Crippen molar-refractivity contribution >= 4 is 38.9 Å². The molecule has 0 spiro atoms. The van der Waals surface area contributed by atoms with Crippen LogP contribution in [0.1, 0.15) is 10.4 Å². The number of anilines is 1. The molecule has 0 saturated carbocycles. The largest absolute Gasteiger partial charge is 0.306 e. The van der Waals surface area contributed by atoms with E-state index in [1.54, 1.807) is 11.3 Å². The van der Waals surface area contributed by atoms with Gasteiger partial charge >= 0.3 is 0 Å². The van der Waals surface area contributed by atoms with E-state index in [-0.39, 0.29) is 5.91 Å². The van der Waals surface area contributed by atoms with Gasteiger partial charge in [0.1, 0.15) is 0 Å². The third kappa shape index (κ3) is 2.59. The molecule has 0 aliphatic carbocycles. The highest BCUT2D eigenvalue weighted by molar-refractivity contribution is 9.10. The van der Waals surface area contributed by atoms with Crippen LogP contribution in [0, 0.1) is 0 Å².